The lowest BCUT2D eigenvalue weighted by Crippen LogP contribution is -2.50. The van der Waals surface area contributed by atoms with Crippen LogP contribution in [0, 0.1) is 11.8 Å². The van der Waals surface area contributed by atoms with Crippen molar-refractivity contribution in [3.63, 3.8) is 0 Å². The van der Waals surface area contributed by atoms with Gasteiger partial charge in [0.05, 0.1) is 9.47 Å². The Labute approximate surface area is 193 Å². The fourth-order valence-corrected chi connectivity index (χ4v) is 8.64. The Hall–Kier alpha value is -1.68. The Morgan fingerprint density at radius 1 is 1.26 bits per heavy atom. The summed E-state index contributed by atoms with van der Waals surface area (Å²) in [6.07, 6.45) is 4.99. The highest BCUT2D eigenvalue weighted by atomic mass is 79.9. The number of rotatable bonds is 5. The molecule has 6 rings (SSSR count). The Balaban J connectivity index is 1.51. The quantitative estimate of drug-likeness (QED) is 0.449. The molecule has 9 heteroatoms. The van der Waals surface area contributed by atoms with Crippen LogP contribution in [0.1, 0.15) is 37.8 Å². The zero-order valence-electron chi connectivity index (χ0n) is 16.9. The summed E-state index contributed by atoms with van der Waals surface area (Å²) in [6, 6.07) is 12.0. The van der Waals surface area contributed by atoms with Gasteiger partial charge in [-0.1, -0.05) is 18.2 Å². The number of para-hydroxylation sites is 1. The summed E-state index contributed by atoms with van der Waals surface area (Å²) in [4.78, 5) is 17.1. The van der Waals surface area contributed by atoms with Gasteiger partial charge in [0.15, 0.2) is 0 Å². The summed E-state index contributed by atoms with van der Waals surface area (Å²) in [5.74, 6) is -0.265. The molecule has 164 valence electrons. The fraction of sp³-hybridized carbons (Fsp3) is 0.409. The summed E-state index contributed by atoms with van der Waals surface area (Å²) in [5, 5.41) is 4.10. The molecule has 3 aliphatic carbocycles. The maximum absolute atomic E-state index is 13.6. The molecule has 1 amide bonds. The first kappa shape index (κ1) is 21.2. The average molecular weight is 522 g/mol. The van der Waals surface area contributed by atoms with Crippen LogP contribution in [0.25, 0.3) is 10.9 Å². The number of amides is 1. The number of sulfone groups is 1. The Morgan fingerprint density at radius 2 is 2.00 bits per heavy atom. The zero-order valence-corrected chi connectivity index (χ0v) is 20.1. The van der Waals surface area contributed by atoms with Gasteiger partial charge in [0.2, 0.25) is 15.7 Å². The van der Waals surface area contributed by atoms with Gasteiger partial charge in [-0.2, -0.15) is 0 Å². The number of halogens is 1. The predicted molar refractivity (Wildman–Crippen MR) is 127 cm³/mol. The molecule has 1 aromatic carbocycles. The van der Waals surface area contributed by atoms with Gasteiger partial charge >= 0.3 is 0 Å². The molecule has 6 nitrogen and oxygen atoms in total. The van der Waals surface area contributed by atoms with Crippen molar-refractivity contribution in [2.75, 3.05) is 11.2 Å². The van der Waals surface area contributed by atoms with Crippen molar-refractivity contribution < 1.29 is 13.2 Å². The van der Waals surface area contributed by atoms with E-state index in [4.69, 9.17) is 5.73 Å². The number of thiophene rings is 1. The monoisotopic (exact) mass is 521 g/mol. The SMILES string of the molecule is NCS(=O)(=O)c1sc(Br)cc1NC(=O)[C@@H]1CC2CCC1(c1cc3ccccc3[nH]1)CC2. The molecular formula is C22H24BrN3O3S2. The van der Waals surface area contributed by atoms with E-state index in [9.17, 15) is 13.2 Å². The summed E-state index contributed by atoms with van der Waals surface area (Å²) in [5.41, 5.74) is 7.73. The molecule has 3 saturated carbocycles. The summed E-state index contributed by atoms with van der Waals surface area (Å²) < 4.78 is 25.6. The van der Waals surface area contributed by atoms with Crippen LogP contribution in [-0.4, -0.2) is 25.2 Å². The van der Waals surface area contributed by atoms with Crippen LogP contribution in [0.2, 0.25) is 0 Å². The summed E-state index contributed by atoms with van der Waals surface area (Å²) in [7, 11) is -3.63. The Morgan fingerprint density at radius 3 is 2.71 bits per heavy atom. The second-order valence-electron chi connectivity index (χ2n) is 8.68. The summed E-state index contributed by atoms with van der Waals surface area (Å²) in [6.45, 7) is 0. The molecule has 2 heterocycles. The minimum atomic E-state index is -3.63. The first-order valence-electron chi connectivity index (χ1n) is 10.4. The van der Waals surface area contributed by atoms with Crippen molar-refractivity contribution in [3.8, 4) is 0 Å². The average Bonchev–Trinajstić information content (AvgIpc) is 3.38. The van der Waals surface area contributed by atoms with E-state index in [1.54, 1.807) is 6.07 Å². The van der Waals surface area contributed by atoms with Gasteiger partial charge in [-0.3, -0.25) is 4.79 Å². The van der Waals surface area contributed by atoms with E-state index in [0.29, 0.717) is 15.4 Å². The first-order chi connectivity index (χ1) is 14.8. The van der Waals surface area contributed by atoms with Gasteiger partial charge in [-0.05, 0) is 77.5 Å². The third-order valence-corrected chi connectivity index (χ3v) is 10.7. The number of nitrogens with two attached hydrogens (primary N) is 1. The van der Waals surface area contributed by atoms with Crippen molar-refractivity contribution in [2.24, 2.45) is 17.6 Å². The number of hydrogen-bond acceptors (Lipinski definition) is 5. The lowest BCUT2D eigenvalue weighted by molar-refractivity contribution is -0.126. The molecule has 4 N–H and O–H groups in total. The van der Waals surface area contributed by atoms with Crippen LogP contribution in [-0.2, 0) is 20.0 Å². The van der Waals surface area contributed by atoms with Crippen molar-refractivity contribution in [1.82, 2.24) is 4.98 Å². The first-order valence-corrected chi connectivity index (χ1v) is 13.7. The van der Waals surface area contributed by atoms with Gasteiger partial charge < -0.3 is 16.0 Å². The van der Waals surface area contributed by atoms with Crippen LogP contribution in [0.5, 0.6) is 0 Å². The molecule has 3 fully saturated rings. The van der Waals surface area contributed by atoms with E-state index in [1.807, 2.05) is 12.1 Å². The van der Waals surface area contributed by atoms with Crippen molar-refractivity contribution in [3.05, 3.63) is 45.9 Å². The second kappa shape index (κ2) is 7.72. The van der Waals surface area contributed by atoms with Crippen molar-refractivity contribution >= 4 is 59.6 Å². The minimum absolute atomic E-state index is 0.107. The molecule has 0 aliphatic heterocycles. The van der Waals surface area contributed by atoms with Crippen LogP contribution in [0.4, 0.5) is 5.69 Å². The van der Waals surface area contributed by atoms with E-state index >= 15 is 0 Å². The lowest BCUT2D eigenvalue weighted by Gasteiger charge is -2.51. The lowest BCUT2D eigenvalue weighted by atomic mass is 9.53. The number of nitrogens with one attached hydrogen (secondary N) is 2. The molecule has 0 unspecified atom stereocenters. The summed E-state index contributed by atoms with van der Waals surface area (Å²) >= 11 is 4.42. The van der Waals surface area contributed by atoms with Crippen LogP contribution >= 0.6 is 27.3 Å². The normalized spacial score (nSPS) is 25.7. The van der Waals surface area contributed by atoms with Gasteiger partial charge in [-0.25, -0.2) is 8.42 Å². The number of benzene rings is 1. The highest BCUT2D eigenvalue weighted by Crippen LogP contribution is 2.55. The predicted octanol–water partition coefficient (Wildman–Crippen LogP) is 4.77. The van der Waals surface area contributed by atoms with Crippen molar-refractivity contribution in [2.45, 2.75) is 41.7 Å². The molecule has 31 heavy (non-hydrogen) atoms. The van der Waals surface area contributed by atoms with E-state index in [-0.39, 0.29) is 21.4 Å². The van der Waals surface area contributed by atoms with Gasteiger partial charge in [-0.15, -0.1) is 11.3 Å². The highest BCUT2D eigenvalue weighted by molar-refractivity contribution is 9.11. The maximum Gasteiger partial charge on any atom is 0.228 e. The van der Waals surface area contributed by atoms with Gasteiger partial charge in [0.25, 0.3) is 0 Å². The van der Waals surface area contributed by atoms with Crippen LogP contribution in [0.15, 0.2) is 44.4 Å². The molecule has 0 radical (unpaired) electrons. The molecule has 3 aliphatic rings. The van der Waals surface area contributed by atoms with Crippen molar-refractivity contribution in [1.29, 1.82) is 0 Å². The third-order valence-electron chi connectivity index (χ3n) is 7.04. The van der Waals surface area contributed by atoms with E-state index in [1.165, 1.54) is 0 Å². The third kappa shape index (κ3) is 3.55. The largest absolute Gasteiger partial charge is 0.358 e. The number of carbonyl (C=O) groups excluding carboxylic acids is 1. The number of aromatic nitrogens is 1. The fourth-order valence-electron chi connectivity index (χ4n) is 5.45. The molecule has 2 bridgehead atoms. The van der Waals surface area contributed by atoms with Gasteiger partial charge in [0.1, 0.15) is 10.1 Å². The molecule has 2 aromatic heterocycles. The molecule has 0 saturated heterocycles. The zero-order chi connectivity index (χ0) is 21.8. The van der Waals surface area contributed by atoms with E-state index in [2.05, 4.69) is 44.4 Å². The Kier molecular flexibility index (Phi) is 5.28. The number of carbonyl (C=O) groups is 1. The molecule has 0 spiro atoms. The maximum atomic E-state index is 13.6. The standard InChI is InChI=1S/C22H24BrN3O3S2/c23-19-11-17(21(30-19)31(28,29)12-24)26-20(27)15-9-13-5-7-22(15,8-6-13)18-10-14-3-1-2-4-16(14)25-18/h1-4,10-11,13,15,25H,5-9,12,24H2,(H,26,27)/t13?,15-,22?/m0/s1. The second-order valence-corrected chi connectivity index (χ2v) is 13.3. The van der Waals surface area contributed by atoms with E-state index < -0.39 is 15.7 Å². The highest BCUT2D eigenvalue weighted by Gasteiger charge is 2.52. The van der Waals surface area contributed by atoms with Crippen LogP contribution in [0.3, 0.4) is 0 Å². The smallest absolute Gasteiger partial charge is 0.228 e. The molecule has 1 atom stereocenters. The van der Waals surface area contributed by atoms with E-state index in [0.717, 1.165) is 60.0 Å². The minimum Gasteiger partial charge on any atom is -0.358 e. The van der Waals surface area contributed by atoms with Gasteiger partial charge in [0, 0.05) is 22.5 Å². The molecular weight excluding hydrogens is 498 g/mol. The van der Waals surface area contributed by atoms with Crippen LogP contribution < -0.4 is 11.1 Å². The number of aromatic amines is 1. The Bertz CT molecular complexity index is 1220. The number of fused-ring (bicyclic) bond motifs is 4. The number of anilines is 1. The topological polar surface area (TPSA) is 105 Å². The molecule has 3 aromatic rings. The number of hydrogen-bond donors (Lipinski definition) is 3. The number of H-pyrrole nitrogens is 1.